The molecule has 1 aromatic carbocycles. The molecule has 0 spiro atoms. The molecule has 2 aliphatic rings. The van der Waals surface area contributed by atoms with Gasteiger partial charge in [0.2, 0.25) is 0 Å². The molecule has 1 aliphatic carbocycles. The zero-order chi connectivity index (χ0) is 16.4. The van der Waals surface area contributed by atoms with Crippen LogP contribution in [0.25, 0.3) is 0 Å². The number of alkyl halides is 3. The van der Waals surface area contributed by atoms with Gasteiger partial charge < -0.3 is 10.1 Å². The lowest BCUT2D eigenvalue weighted by atomic mass is 9.98. The van der Waals surface area contributed by atoms with Crippen LogP contribution in [0.1, 0.15) is 30.9 Å². The van der Waals surface area contributed by atoms with E-state index in [2.05, 4.69) is 15.0 Å². The van der Waals surface area contributed by atoms with E-state index in [1.54, 1.807) is 12.1 Å². The fraction of sp³-hybridized carbons (Fsp3) is 0.625. The van der Waals surface area contributed by atoms with Crippen molar-refractivity contribution in [1.29, 1.82) is 0 Å². The van der Waals surface area contributed by atoms with E-state index < -0.39 is 6.36 Å². The number of rotatable bonds is 5. The molecule has 144 valence electrons. The highest BCUT2D eigenvalue weighted by Crippen LogP contribution is 2.41. The highest BCUT2D eigenvalue weighted by molar-refractivity contribution is 6.32. The van der Waals surface area contributed by atoms with Crippen LogP contribution in [0.3, 0.4) is 0 Å². The lowest BCUT2D eigenvalue weighted by molar-refractivity contribution is -0.274. The smallest absolute Gasteiger partial charge is 0.404 e. The Morgan fingerprint density at radius 1 is 1.20 bits per heavy atom. The zero-order valence-electron chi connectivity index (χ0n) is 13.5. The van der Waals surface area contributed by atoms with Crippen LogP contribution < -0.4 is 10.1 Å². The van der Waals surface area contributed by atoms with Crippen molar-refractivity contribution in [3.63, 3.8) is 0 Å². The van der Waals surface area contributed by atoms with Crippen molar-refractivity contribution >= 4 is 36.4 Å². The molecule has 3 nitrogen and oxygen atoms in total. The predicted octanol–water partition coefficient (Wildman–Crippen LogP) is 4.83. The number of nitrogens with one attached hydrogen (secondary N) is 1. The molecule has 0 bridgehead atoms. The maximum atomic E-state index is 12.4. The number of hydrogen-bond donors (Lipinski definition) is 1. The fourth-order valence-corrected chi connectivity index (χ4v) is 3.32. The van der Waals surface area contributed by atoms with Gasteiger partial charge in [0.05, 0.1) is 5.02 Å². The third kappa shape index (κ3) is 6.68. The summed E-state index contributed by atoms with van der Waals surface area (Å²) in [6.07, 6.45) is -1.20. The van der Waals surface area contributed by atoms with Crippen LogP contribution in [0.5, 0.6) is 5.75 Å². The van der Waals surface area contributed by atoms with E-state index in [-0.39, 0.29) is 41.6 Å². The van der Waals surface area contributed by atoms with E-state index in [0.29, 0.717) is 0 Å². The van der Waals surface area contributed by atoms with Crippen LogP contribution in [0, 0.1) is 5.92 Å². The SMILES string of the molecule is Cl.Cl.FC(F)(F)Oc1ccc([C@@H](CC2CC2)N2CCNCC2)cc1Cl. The van der Waals surface area contributed by atoms with Crippen LogP contribution in [0.4, 0.5) is 13.2 Å². The van der Waals surface area contributed by atoms with Crippen molar-refractivity contribution in [2.75, 3.05) is 26.2 Å². The normalized spacial score (nSPS) is 19.5. The second kappa shape index (κ2) is 9.51. The Labute approximate surface area is 163 Å². The van der Waals surface area contributed by atoms with Crippen molar-refractivity contribution in [1.82, 2.24) is 10.2 Å². The van der Waals surface area contributed by atoms with Gasteiger partial charge in [-0.25, -0.2) is 0 Å². The Balaban J connectivity index is 0.00000156. The number of piperazine rings is 1. The van der Waals surface area contributed by atoms with Gasteiger partial charge in [-0.05, 0) is 30.0 Å². The Morgan fingerprint density at radius 2 is 1.84 bits per heavy atom. The van der Waals surface area contributed by atoms with E-state index in [0.717, 1.165) is 44.1 Å². The molecule has 1 atom stereocenters. The Kier molecular flexibility index (Phi) is 8.61. The number of benzene rings is 1. The summed E-state index contributed by atoms with van der Waals surface area (Å²) in [5.74, 6) is 0.383. The summed E-state index contributed by atoms with van der Waals surface area (Å²) in [4.78, 5) is 2.39. The summed E-state index contributed by atoms with van der Waals surface area (Å²) in [6.45, 7) is 3.75. The third-order valence-electron chi connectivity index (χ3n) is 4.41. The fourth-order valence-electron chi connectivity index (χ4n) is 3.09. The van der Waals surface area contributed by atoms with Gasteiger partial charge in [-0.2, -0.15) is 0 Å². The summed E-state index contributed by atoms with van der Waals surface area (Å²) < 4.78 is 41.0. The van der Waals surface area contributed by atoms with Gasteiger partial charge in [0.1, 0.15) is 5.75 Å². The number of ether oxygens (including phenoxy) is 1. The van der Waals surface area contributed by atoms with Crippen molar-refractivity contribution in [2.24, 2.45) is 5.92 Å². The molecule has 0 amide bonds. The van der Waals surface area contributed by atoms with E-state index in [9.17, 15) is 13.2 Å². The Morgan fingerprint density at radius 3 is 2.36 bits per heavy atom. The first-order chi connectivity index (χ1) is 10.9. The van der Waals surface area contributed by atoms with E-state index in [1.165, 1.54) is 18.9 Å². The summed E-state index contributed by atoms with van der Waals surface area (Å²) >= 11 is 6.01. The lowest BCUT2D eigenvalue weighted by Gasteiger charge is -2.35. The van der Waals surface area contributed by atoms with Gasteiger partial charge in [0, 0.05) is 32.2 Å². The minimum atomic E-state index is -4.73. The van der Waals surface area contributed by atoms with Crippen LogP contribution >= 0.6 is 36.4 Å². The van der Waals surface area contributed by atoms with Crippen molar-refractivity contribution in [3.05, 3.63) is 28.8 Å². The Bertz CT molecular complexity index is 550. The quantitative estimate of drug-likeness (QED) is 0.737. The lowest BCUT2D eigenvalue weighted by Crippen LogP contribution is -2.45. The summed E-state index contributed by atoms with van der Waals surface area (Å²) in [5, 5.41) is 3.33. The number of nitrogens with zero attached hydrogens (tertiary/aromatic N) is 1. The van der Waals surface area contributed by atoms with Crippen LogP contribution in [-0.4, -0.2) is 37.4 Å². The summed E-state index contributed by atoms with van der Waals surface area (Å²) in [7, 11) is 0. The van der Waals surface area contributed by atoms with Crippen molar-refractivity contribution < 1.29 is 17.9 Å². The number of halogens is 6. The second-order valence-corrected chi connectivity index (χ2v) is 6.63. The summed E-state index contributed by atoms with van der Waals surface area (Å²) in [5.41, 5.74) is 0.971. The van der Waals surface area contributed by atoms with Crippen molar-refractivity contribution in [3.8, 4) is 5.75 Å². The molecular formula is C16H22Cl3F3N2O. The average molecular weight is 422 g/mol. The molecular weight excluding hydrogens is 400 g/mol. The van der Waals surface area contributed by atoms with Crippen molar-refractivity contribution in [2.45, 2.75) is 31.7 Å². The molecule has 1 N–H and O–H groups in total. The molecule has 0 unspecified atom stereocenters. The minimum Gasteiger partial charge on any atom is -0.404 e. The first-order valence-corrected chi connectivity index (χ1v) is 8.30. The second-order valence-electron chi connectivity index (χ2n) is 6.22. The maximum Gasteiger partial charge on any atom is 0.573 e. The maximum absolute atomic E-state index is 12.4. The molecule has 1 saturated carbocycles. The summed E-state index contributed by atoms with van der Waals surface area (Å²) in [6, 6.07) is 4.87. The first kappa shape index (κ1) is 22.6. The van der Waals surface area contributed by atoms with E-state index in [1.807, 2.05) is 0 Å². The van der Waals surface area contributed by atoms with Gasteiger partial charge >= 0.3 is 6.36 Å². The zero-order valence-corrected chi connectivity index (χ0v) is 15.9. The molecule has 1 aromatic rings. The minimum absolute atomic E-state index is 0. The largest absolute Gasteiger partial charge is 0.573 e. The first-order valence-electron chi connectivity index (χ1n) is 7.92. The molecule has 0 aromatic heterocycles. The highest BCUT2D eigenvalue weighted by Gasteiger charge is 2.33. The van der Waals surface area contributed by atoms with Crippen LogP contribution in [0.15, 0.2) is 18.2 Å². The highest BCUT2D eigenvalue weighted by atomic mass is 35.5. The Hall–Kier alpha value is -0.400. The molecule has 25 heavy (non-hydrogen) atoms. The van der Waals surface area contributed by atoms with Gasteiger partial charge in [-0.1, -0.05) is 30.5 Å². The van der Waals surface area contributed by atoms with Crippen LogP contribution in [0.2, 0.25) is 5.02 Å². The molecule has 1 aliphatic heterocycles. The van der Waals surface area contributed by atoms with Crippen LogP contribution in [-0.2, 0) is 0 Å². The molecule has 3 rings (SSSR count). The molecule has 0 radical (unpaired) electrons. The van der Waals surface area contributed by atoms with E-state index in [4.69, 9.17) is 11.6 Å². The monoisotopic (exact) mass is 420 g/mol. The average Bonchev–Trinajstić information content (AvgIpc) is 3.31. The van der Waals surface area contributed by atoms with Gasteiger partial charge in [0.25, 0.3) is 0 Å². The third-order valence-corrected chi connectivity index (χ3v) is 4.71. The molecule has 9 heteroatoms. The van der Waals surface area contributed by atoms with Gasteiger partial charge in [0.15, 0.2) is 0 Å². The van der Waals surface area contributed by atoms with Gasteiger partial charge in [-0.3, -0.25) is 4.90 Å². The topological polar surface area (TPSA) is 24.5 Å². The molecule has 1 heterocycles. The molecule has 1 saturated heterocycles. The number of hydrogen-bond acceptors (Lipinski definition) is 3. The van der Waals surface area contributed by atoms with E-state index >= 15 is 0 Å². The predicted molar refractivity (Wildman–Crippen MR) is 97.2 cm³/mol. The standard InChI is InChI=1S/C16H20ClF3N2O.2ClH/c17-13-10-12(3-4-15(13)23-16(18,19)20)14(9-11-1-2-11)22-7-5-21-6-8-22;;/h3-4,10-11,14,21H,1-2,5-9H2;2*1H/t14-;;/m1../s1. The van der Waals surface area contributed by atoms with Gasteiger partial charge in [-0.15, -0.1) is 38.0 Å². The molecule has 2 fully saturated rings.